The largest absolute Gasteiger partial charge is 0.480 e. The van der Waals surface area contributed by atoms with E-state index in [2.05, 4.69) is 10.6 Å². The van der Waals surface area contributed by atoms with Crippen molar-refractivity contribution in [3.8, 4) is 0 Å². The van der Waals surface area contributed by atoms with Crippen LogP contribution in [0.25, 0.3) is 0 Å². The highest BCUT2D eigenvalue weighted by molar-refractivity contribution is 5.94. The van der Waals surface area contributed by atoms with Crippen LogP contribution in [0.15, 0.2) is 30.3 Å². The topological polar surface area (TPSA) is 95.5 Å². The molecular weight excluding hydrogens is 296 g/mol. The Bertz CT molecular complexity index is 555. The van der Waals surface area contributed by atoms with Crippen molar-refractivity contribution in [2.45, 2.75) is 38.1 Å². The minimum Gasteiger partial charge on any atom is -0.480 e. The predicted molar refractivity (Wildman–Crippen MR) is 84.9 cm³/mol. The number of rotatable bonds is 9. The molecule has 124 valence electrons. The Hall–Kier alpha value is -2.37. The van der Waals surface area contributed by atoms with Gasteiger partial charge in [-0.15, -0.1) is 0 Å². The van der Waals surface area contributed by atoms with Gasteiger partial charge in [0, 0.05) is 18.5 Å². The van der Waals surface area contributed by atoms with Crippen molar-refractivity contribution in [2.75, 3.05) is 6.54 Å². The van der Waals surface area contributed by atoms with Crippen molar-refractivity contribution >= 4 is 17.8 Å². The molecule has 6 heteroatoms. The van der Waals surface area contributed by atoms with Gasteiger partial charge in [-0.1, -0.05) is 31.0 Å². The summed E-state index contributed by atoms with van der Waals surface area (Å²) in [5, 5.41) is 14.4. The van der Waals surface area contributed by atoms with E-state index in [4.69, 9.17) is 5.11 Å². The number of carboxylic acid groups (broad SMARTS) is 1. The van der Waals surface area contributed by atoms with Gasteiger partial charge in [-0.3, -0.25) is 9.59 Å². The molecule has 1 aliphatic carbocycles. The van der Waals surface area contributed by atoms with E-state index >= 15 is 0 Å². The van der Waals surface area contributed by atoms with Crippen molar-refractivity contribution in [3.05, 3.63) is 35.9 Å². The number of carboxylic acids is 1. The second-order valence-electron chi connectivity index (χ2n) is 5.86. The predicted octanol–water partition coefficient (Wildman–Crippen LogP) is 1.57. The first kappa shape index (κ1) is 17.0. The van der Waals surface area contributed by atoms with Crippen LogP contribution in [0.3, 0.4) is 0 Å². The summed E-state index contributed by atoms with van der Waals surface area (Å²) in [7, 11) is 0. The zero-order chi connectivity index (χ0) is 16.7. The molecule has 1 aliphatic rings. The monoisotopic (exact) mass is 318 g/mol. The van der Waals surface area contributed by atoms with Gasteiger partial charge in [-0.2, -0.15) is 0 Å². The van der Waals surface area contributed by atoms with Crippen LogP contribution in [-0.4, -0.2) is 35.5 Å². The molecule has 0 bridgehead atoms. The lowest BCUT2D eigenvalue weighted by Gasteiger charge is -2.14. The maximum Gasteiger partial charge on any atom is 0.326 e. The molecule has 23 heavy (non-hydrogen) atoms. The molecule has 6 nitrogen and oxygen atoms in total. The molecule has 1 aromatic carbocycles. The fourth-order valence-corrected chi connectivity index (χ4v) is 2.32. The van der Waals surface area contributed by atoms with Gasteiger partial charge in [-0.05, 0) is 30.9 Å². The van der Waals surface area contributed by atoms with E-state index in [0.29, 0.717) is 30.9 Å². The molecule has 3 N–H and O–H groups in total. The molecule has 0 aliphatic heterocycles. The third-order valence-electron chi connectivity index (χ3n) is 3.80. The van der Waals surface area contributed by atoms with Crippen LogP contribution in [0.2, 0.25) is 0 Å². The first-order valence-corrected chi connectivity index (χ1v) is 7.91. The Kier molecular flexibility index (Phi) is 6.14. The van der Waals surface area contributed by atoms with Crippen molar-refractivity contribution in [1.82, 2.24) is 10.6 Å². The molecule has 0 heterocycles. The van der Waals surface area contributed by atoms with E-state index in [1.807, 2.05) is 6.07 Å². The van der Waals surface area contributed by atoms with Crippen molar-refractivity contribution < 1.29 is 19.5 Å². The minimum atomic E-state index is -0.984. The van der Waals surface area contributed by atoms with E-state index in [0.717, 1.165) is 12.8 Å². The SMILES string of the molecule is O=C(CCCNC(=O)c1ccccc1)NC(CC1CC1)C(=O)O. The fourth-order valence-electron chi connectivity index (χ4n) is 2.32. The summed E-state index contributed by atoms with van der Waals surface area (Å²) < 4.78 is 0. The molecular formula is C17H22N2O4. The van der Waals surface area contributed by atoms with Gasteiger partial charge in [0.15, 0.2) is 0 Å². The number of carbonyl (C=O) groups is 3. The summed E-state index contributed by atoms with van der Waals surface area (Å²) in [5.41, 5.74) is 0.576. The van der Waals surface area contributed by atoms with Gasteiger partial charge >= 0.3 is 5.97 Å². The molecule has 0 radical (unpaired) electrons. The Morgan fingerprint density at radius 3 is 2.48 bits per heavy atom. The molecule has 0 spiro atoms. The van der Waals surface area contributed by atoms with E-state index in [-0.39, 0.29) is 18.2 Å². The van der Waals surface area contributed by atoms with Crippen molar-refractivity contribution in [2.24, 2.45) is 5.92 Å². The highest BCUT2D eigenvalue weighted by Gasteiger charge is 2.29. The Labute approximate surface area is 135 Å². The maximum absolute atomic E-state index is 11.8. The number of amides is 2. The van der Waals surface area contributed by atoms with Crippen LogP contribution in [0.5, 0.6) is 0 Å². The molecule has 1 fully saturated rings. The zero-order valence-electron chi connectivity index (χ0n) is 13.0. The quantitative estimate of drug-likeness (QED) is 0.602. The van der Waals surface area contributed by atoms with E-state index < -0.39 is 12.0 Å². The van der Waals surface area contributed by atoms with Crippen LogP contribution in [0.4, 0.5) is 0 Å². The van der Waals surface area contributed by atoms with Gasteiger partial charge < -0.3 is 15.7 Å². The lowest BCUT2D eigenvalue weighted by Crippen LogP contribution is -2.41. The molecule has 2 amide bonds. The molecule has 2 rings (SSSR count). The number of hydrogen-bond acceptors (Lipinski definition) is 3. The smallest absolute Gasteiger partial charge is 0.326 e. The maximum atomic E-state index is 11.8. The summed E-state index contributed by atoms with van der Waals surface area (Å²) in [6, 6.07) is 8.05. The molecule has 1 aromatic rings. The third-order valence-corrected chi connectivity index (χ3v) is 3.80. The normalized spacial score (nSPS) is 14.8. The second kappa shape index (κ2) is 8.31. The standard InChI is InChI=1S/C17H22N2O4/c20-15(19-14(17(22)23)11-12-8-9-12)7-4-10-18-16(21)13-5-2-1-3-6-13/h1-3,5-6,12,14H,4,7-11H2,(H,18,21)(H,19,20)(H,22,23). The van der Waals surface area contributed by atoms with Crippen LogP contribution in [-0.2, 0) is 9.59 Å². The van der Waals surface area contributed by atoms with E-state index in [1.54, 1.807) is 24.3 Å². The Balaban J connectivity index is 1.64. The van der Waals surface area contributed by atoms with E-state index in [9.17, 15) is 14.4 Å². The molecule has 1 atom stereocenters. The number of hydrogen-bond donors (Lipinski definition) is 3. The average Bonchev–Trinajstić information content (AvgIpc) is 3.35. The van der Waals surface area contributed by atoms with Crippen LogP contribution >= 0.6 is 0 Å². The number of nitrogens with one attached hydrogen (secondary N) is 2. The molecule has 0 aromatic heterocycles. The highest BCUT2D eigenvalue weighted by atomic mass is 16.4. The summed E-state index contributed by atoms with van der Waals surface area (Å²) in [4.78, 5) is 34.7. The number of carbonyl (C=O) groups excluding carboxylic acids is 2. The van der Waals surface area contributed by atoms with Crippen LogP contribution in [0, 0.1) is 5.92 Å². The van der Waals surface area contributed by atoms with Gasteiger partial charge in [0.25, 0.3) is 5.91 Å². The zero-order valence-corrected chi connectivity index (χ0v) is 13.0. The summed E-state index contributed by atoms with van der Waals surface area (Å²) >= 11 is 0. The van der Waals surface area contributed by atoms with Gasteiger partial charge in [0.2, 0.25) is 5.91 Å². The summed E-state index contributed by atoms with van der Waals surface area (Å²) in [6.07, 6.45) is 3.27. The van der Waals surface area contributed by atoms with Crippen LogP contribution < -0.4 is 10.6 Å². The number of aliphatic carboxylic acids is 1. The third kappa shape index (κ3) is 6.10. The second-order valence-corrected chi connectivity index (χ2v) is 5.86. The van der Waals surface area contributed by atoms with Crippen LogP contribution in [0.1, 0.15) is 42.5 Å². The highest BCUT2D eigenvalue weighted by Crippen LogP contribution is 2.33. The van der Waals surface area contributed by atoms with E-state index in [1.165, 1.54) is 0 Å². The molecule has 1 saturated carbocycles. The number of benzene rings is 1. The molecule has 0 saturated heterocycles. The lowest BCUT2D eigenvalue weighted by molar-refractivity contribution is -0.142. The average molecular weight is 318 g/mol. The van der Waals surface area contributed by atoms with Crippen molar-refractivity contribution in [3.63, 3.8) is 0 Å². The first-order valence-electron chi connectivity index (χ1n) is 7.91. The summed E-state index contributed by atoms with van der Waals surface area (Å²) in [5.74, 6) is -1.01. The van der Waals surface area contributed by atoms with Crippen molar-refractivity contribution in [1.29, 1.82) is 0 Å². The van der Waals surface area contributed by atoms with Gasteiger partial charge in [-0.25, -0.2) is 4.79 Å². The minimum absolute atomic E-state index is 0.178. The van der Waals surface area contributed by atoms with Gasteiger partial charge in [0.05, 0.1) is 0 Å². The summed E-state index contributed by atoms with van der Waals surface area (Å²) in [6.45, 7) is 0.376. The Morgan fingerprint density at radius 2 is 1.87 bits per heavy atom. The lowest BCUT2D eigenvalue weighted by atomic mass is 10.1. The van der Waals surface area contributed by atoms with Gasteiger partial charge in [0.1, 0.15) is 6.04 Å². The first-order chi connectivity index (χ1) is 11.1. The Morgan fingerprint density at radius 1 is 1.17 bits per heavy atom. The molecule has 1 unspecified atom stereocenters. The fraction of sp³-hybridized carbons (Fsp3) is 0.471.